The Hall–Kier alpha value is -2.46. The summed E-state index contributed by atoms with van der Waals surface area (Å²) in [5.41, 5.74) is 5.94. The van der Waals surface area contributed by atoms with Crippen molar-refractivity contribution in [1.29, 1.82) is 0 Å². The molecular formula is C15H13N3O. The number of fused-ring (bicyclic) bond motifs is 1. The Bertz CT molecular complexity index is 620. The standard InChI is InChI=1S/C15H13N3O/c1-2-6-12(7-3-1)10-16-17-15-14-9-5-4-8-13(14)11-19-18-15/h1-10H,11H2,(H,17,18)/b16-10+. The number of hydrogen-bond donors (Lipinski definition) is 1. The molecule has 0 aliphatic carbocycles. The fourth-order valence-electron chi connectivity index (χ4n) is 1.88. The van der Waals surface area contributed by atoms with Crippen LogP contribution in [0.2, 0.25) is 0 Å². The predicted molar refractivity (Wildman–Crippen MR) is 74.9 cm³/mol. The lowest BCUT2D eigenvalue weighted by Crippen LogP contribution is -2.30. The van der Waals surface area contributed by atoms with Gasteiger partial charge in [-0.2, -0.15) is 5.10 Å². The molecule has 0 saturated heterocycles. The zero-order chi connectivity index (χ0) is 12.9. The third-order valence-electron chi connectivity index (χ3n) is 2.83. The summed E-state index contributed by atoms with van der Waals surface area (Å²) in [4.78, 5) is 5.26. The van der Waals surface area contributed by atoms with E-state index in [2.05, 4.69) is 15.7 Å². The van der Waals surface area contributed by atoms with E-state index in [1.165, 1.54) is 0 Å². The first-order valence-electron chi connectivity index (χ1n) is 6.05. The molecule has 19 heavy (non-hydrogen) atoms. The van der Waals surface area contributed by atoms with Crippen LogP contribution in [0.25, 0.3) is 0 Å². The number of nitrogens with zero attached hydrogens (tertiary/aromatic N) is 2. The van der Waals surface area contributed by atoms with E-state index in [4.69, 9.17) is 4.84 Å². The molecule has 0 radical (unpaired) electrons. The summed E-state index contributed by atoms with van der Waals surface area (Å²) in [6, 6.07) is 17.8. The number of nitrogens with one attached hydrogen (secondary N) is 1. The van der Waals surface area contributed by atoms with Crippen molar-refractivity contribution in [3.05, 3.63) is 71.3 Å². The molecule has 0 saturated carbocycles. The van der Waals surface area contributed by atoms with Crippen molar-refractivity contribution in [2.75, 3.05) is 0 Å². The molecule has 4 nitrogen and oxygen atoms in total. The van der Waals surface area contributed by atoms with Crippen LogP contribution in [0.4, 0.5) is 0 Å². The van der Waals surface area contributed by atoms with Crippen LogP contribution in [0, 0.1) is 0 Å². The molecule has 2 aromatic carbocycles. The first-order valence-corrected chi connectivity index (χ1v) is 6.05. The van der Waals surface area contributed by atoms with E-state index in [0.29, 0.717) is 12.4 Å². The highest BCUT2D eigenvalue weighted by molar-refractivity contribution is 6.00. The third-order valence-corrected chi connectivity index (χ3v) is 2.83. The number of amidine groups is 1. The van der Waals surface area contributed by atoms with E-state index in [1.807, 2.05) is 54.6 Å². The van der Waals surface area contributed by atoms with Crippen LogP contribution < -0.4 is 5.48 Å². The average Bonchev–Trinajstić information content (AvgIpc) is 2.49. The molecular weight excluding hydrogens is 238 g/mol. The van der Waals surface area contributed by atoms with Gasteiger partial charge in [0.15, 0.2) is 5.84 Å². The highest BCUT2D eigenvalue weighted by Gasteiger charge is 2.14. The summed E-state index contributed by atoms with van der Waals surface area (Å²) >= 11 is 0. The van der Waals surface area contributed by atoms with Gasteiger partial charge in [-0.3, -0.25) is 4.84 Å². The first-order chi connectivity index (χ1) is 9.43. The van der Waals surface area contributed by atoms with Gasteiger partial charge in [-0.25, -0.2) is 5.48 Å². The Morgan fingerprint density at radius 3 is 2.68 bits per heavy atom. The van der Waals surface area contributed by atoms with E-state index in [0.717, 1.165) is 16.7 Å². The number of rotatable bonds is 2. The zero-order valence-corrected chi connectivity index (χ0v) is 10.3. The summed E-state index contributed by atoms with van der Waals surface area (Å²) in [6.45, 7) is 0.539. The van der Waals surface area contributed by atoms with E-state index in [-0.39, 0.29) is 0 Å². The molecule has 1 N–H and O–H groups in total. The maximum absolute atomic E-state index is 5.26. The van der Waals surface area contributed by atoms with Gasteiger partial charge in [-0.05, 0) is 11.1 Å². The van der Waals surface area contributed by atoms with Gasteiger partial charge < -0.3 is 0 Å². The first kappa shape index (κ1) is 11.6. The fraction of sp³-hybridized carbons (Fsp3) is 0.0667. The van der Waals surface area contributed by atoms with E-state index in [1.54, 1.807) is 6.21 Å². The van der Waals surface area contributed by atoms with Crippen molar-refractivity contribution < 1.29 is 4.84 Å². The van der Waals surface area contributed by atoms with Crippen molar-refractivity contribution in [3.8, 4) is 0 Å². The van der Waals surface area contributed by atoms with Crippen molar-refractivity contribution >= 4 is 12.1 Å². The molecule has 4 heteroatoms. The van der Waals surface area contributed by atoms with Crippen LogP contribution in [0.3, 0.4) is 0 Å². The minimum absolute atomic E-state index is 0.539. The zero-order valence-electron chi connectivity index (χ0n) is 10.3. The minimum Gasteiger partial charge on any atom is -0.270 e. The molecule has 1 aliphatic heterocycles. The third kappa shape index (κ3) is 2.69. The summed E-state index contributed by atoms with van der Waals surface area (Å²) in [6.07, 6.45) is 1.71. The van der Waals surface area contributed by atoms with Crippen molar-refractivity contribution in [2.45, 2.75) is 6.61 Å². The SMILES string of the molecule is C(=N\N=C1/NOCc2ccccc21)/c1ccccc1. The minimum atomic E-state index is 0.539. The second-order valence-corrected chi connectivity index (χ2v) is 4.15. The molecule has 0 amide bonds. The predicted octanol–water partition coefficient (Wildman–Crippen LogP) is 2.50. The second kappa shape index (κ2) is 5.46. The Morgan fingerprint density at radius 2 is 1.79 bits per heavy atom. The molecule has 0 spiro atoms. The van der Waals surface area contributed by atoms with Crippen molar-refractivity contribution in [1.82, 2.24) is 5.48 Å². The maximum Gasteiger partial charge on any atom is 0.179 e. The van der Waals surface area contributed by atoms with Gasteiger partial charge in [-0.1, -0.05) is 54.6 Å². The molecule has 2 aromatic rings. The van der Waals surface area contributed by atoms with Gasteiger partial charge in [0.25, 0.3) is 0 Å². The Labute approximate surface area is 111 Å². The molecule has 0 aromatic heterocycles. The summed E-state index contributed by atoms with van der Waals surface area (Å²) < 4.78 is 0. The van der Waals surface area contributed by atoms with E-state index in [9.17, 15) is 0 Å². The smallest absolute Gasteiger partial charge is 0.179 e. The maximum atomic E-state index is 5.26. The van der Waals surface area contributed by atoms with Crippen molar-refractivity contribution in [2.24, 2.45) is 10.2 Å². The van der Waals surface area contributed by atoms with E-state index < -0.39 is 0 Å². The Morgan fingerprint density at radius 1 is 1.00 bits per heavy atom. The number of hydrogen-bond acceptors (Lipinski definition) is 3. The van der Waals surface area contributed by atoms with E-state index >= 15 is 0 Å². The van der Waals surface area contributed by atoms with Gasteiger partial charge in [-0.15, -0.1) is 5.10 Å². The quantitative estimate of drug-likeness (QED) is 0.658. The normalized spacial score (nSPS) is 16.3. The average molecular weight is 251 g/mol. The van der Waals surface area contributed by atoms with Crippen LogP contribution in [-0.4, -0.2) is 12.1 Å². The lowest BCUT2D eigenvalue weighted by molar-refractivity contribution is 0.0650. The van der Waals surface area contributed by atoms with Crippen LogP contribution in [-0.2, 0) is 11.4 Å². The highest BCUT2D eigenvalue weighted by Crippen LogP contribution is 2.14. The monoisotopic (exact) mass is 251 g/mol. The van der Waals surface area contributed by atoms with Crippen LogP contribution in [0.5, 0.6) is 0 Å². The van der Waals surface area contributed by atoms with Crippen LogP contribution in [0.1, 0.15) is 16.7 Å². The number of hydroxylamine groups is 1. The molecule has 1 aliphatic rings. The topological polar surface area (TPSA) is 46.0 Å². The fourth-order valence-corrected chi connectivity index (χ4v) is 1.88. The second-order valence-electron chi connectivity index (χ2n) is 4.15. The lowest BCUT2D eigenvalue weighted by Gasteiger charge is -2.18. The largest absolute Gasteiger partial charge is 0.270 e. The molecule has 3 rings (SSSR count). The lowest BCUT2D eigenvalue weighted by atomic mass is 10.1. The van der Waals surface area contributed by atoms with Gasteiger partial charge in [0.05, 0.1) is 6.21 Å². The van der Waals surface area contributed by atoms with Crippen LogP contribution in [0.15, 0.2) is 64.8 Å². The Balaban J connectivity index is 1.84. The summed E-state index contributed by atoms with van der Waals surface area (Å²) in [7, 11) is 0. The summed E-state index contributed by atoms with van der Waals surface area (Å²) in [5.74, 6) is 0.633. The van der Waals surface area contributed by atoms with Crippen molar-refractivity contribution in [3.63, 3.8) is 0 Å². The van der Waals surface area contributed by atoms with Gasteiger partial charge >= 0.3 is 0 Å². The van der Waals surface area contributed by atoms with Gasteiger partial charge in [0.1, 0.15) is 6.61 Å². The Kier molecular flexibility index (Phi) is 3.34. The molecule has 0 unspecified atom stereocenters. The van der Waals surface area contributed by atoms with Gasteiger partial charge in [0.2, 0.25) is 0 Å². The molecule has 0 atom stereocenters. The van der Waals surface area contributed by atoms with Crippen LogP contribution >= 0.6 is 0 Å². The molecule has 0 fully saturated rings. The summed E-state index contributed by atoms with van der Waals surface area (Å²) in [5, 5.41) is 8.25. The van der Waals surface area contributed by atoms with Gasteiger partial charge in [0, 0.05) is 5.56 Å². The highest BCUT2D eigenvalue weighted by atomic mass is 16.6. The molecule has 0 bridgehead atoms. The molecule has 94 valence electrons. The number of benzene rings is 2. The molecule has 1 heterocycles.